The van der Waals surface area contributed by atoms with Crippen molar-refractivity contribution in [1.82, 2.24) is 0 Å². The Hall–Kier alpha value is 0.350. The molecule has 1 heteroatoms. The highest BCUT2D eigenvalue weighted by Crippen LogP contribution is 2.37. The summed E-state index contributed by atoms with van der Waals surface area (Å²) < 4.78 is 0. The molecule has 0 N–H and O–H groups in total. The molecule has 0 radical (unpaired) electrons. The Morgan fingerprint density at radius 2 is 2.00 bits per heavy atom. The third-order valence-corrected chi connectivity index (χ3v) is 4.56. The molecular formula is C11H22S. The van der Waals surface area contributed by atoms with Crippen LogP contribution in [0.3, 0.4) is 0 Å². The van der Waals surface area contributed by atoms with Crippen LogP contribution in [-0.4, -0.2) is 11.5 Å². The average Bonchev–Trinajstić information content (AvgIpc) is 2.16. The van der Waals surface area contributed by atoms with Crippen LogP contribution < -0.4 is 0 Å². The minimum absolute atomic E-state index is 0.884. The van der Waals surface area contributed by atoms with E-state index >= 15 is 0 Å². The fraction of sp³-hybridized carbons (Fsp3) is 1.00. The summed E-state index contributed by atoms with van der Waals surface area (Å²) in [6.45, 7) is 4.76. The monoisotopic (exact) mass is 186 g/mol. The van der Waals surface area contributed by atoms with Crippen LogP contribution in [0, 0.1) is 11.8 Å². The Labute approximate surface area is 81.5 Å². The SMILES string of the molecule is CCC1CCCCC1C(C)SC. The molecule has 1 aliphatic rings. The summed E-state index contributed by atoms with van der Waals surface area (Å²) in [6.07, 6.45) is 9.59. The van der Waals surface area contributed by atoms with Gasteiger partial charge in [-0.05, 0) is 24.5 Å². The van der Waals surface area contributed by atoms with E-state index in [0.717, 1.165) is 17.1 Å². The Bertz CT molecular complexity index is 122. The third kappa shape index (κ3) is 2.42. The first-order valence-electron chi connectivity index (χ1n) is 5.32. The van der Waals surface area contributed by atoms with Gasteiger partial charge in [0.1, 0.15) is 0 Å². The van der Waals surface area contributed by atoms with E-state index in [4.69, 9.17) is 0 Å². The fourth-order valence-electron chi connectivity index (χ4n) is 2.54. The van der Waals surface area contributed by atoms with Gasteiger partial charge >= 0.3 is 0 Å². The van der Waals surface area contributed by atoms with Crippen molar-refractivity contribution in [2.45, 2.75) is 51.2 Å². The minimum Gasteiger partial charge on any atom is -0.162 e. The second-order valence-corrected chi connectivity index (χ2v) is 5.27. The molecule has 0 aromatic carbocycles. The van der Waals surface area contributed by atoms with Crippen LogP contribution in [0.2, 0.25) is 0 Å². The zero-order valence-corrected chi connectivity index (χ0v) is 9.49. The molecule has 0 aromatic rings. The van der Waals surface area contributed by atoms with Crippen molar-refractivity contribution in [2.75, 3.05) is 6.26 Å². The van der Waals surface area contributed by atoms with E-state index < -0.39 is 0 Å². The molecule has 0 aromatic heterocycles. The van der Waals surface area contributed by atoms with Crippen molar-refractivity contribution in [3.63, 3.8) is 0 Å². The highest BCUT2D eigenvalue weighted by molar-refractivity contribution is 7.99. The van der Waals surface area contributed by atoms with E-state index in [1.54, 1.807) is 0 Å². The predicted octanol–water partition coefficient (Wildman–Crippen LogP) is 3.95. The highest BCUT2D eigenvalue weighted by atomic mass is 32.2. The van der Waals surface area contributed by atoms with Crippen molar-refractivity contribution in [3.05, 3.63) is 0 Å². The summed E-state index contributed by atoms with van der Waals surface area (Å²) in [4.78, 5) is 0. The first kappa shape index (κ1) is 10.4. The summed E-state index contributed by atoms with van der Waals surface area (Å²) in [6, 6.07) is 0. The zero-order chi connectivity index (χ0) is 8.97. The van der Waals surface area contributed by atoms with E-state index in [0.29, 0.717) is 0 Å². The summed E-state index contributed by atoms with van der Waals surface area (Å²) >= 11 is 2.05. The van der Waals surface area contributed by atoms with E-state index in [9.17, 15) is 0 Å². The molecule has 0 nitrogen and oxygen atoms in total. The lowest BCUT2D eigenvalue weighted by molar-refractivity contribution is 0.230. The third-order valence-electron chi connectivity index (χ3n) is 3.47. The molecule has 3 unspecified atom stereocenters. The number of thioether (sulfide) groups is 1. The first-order chi connectivity index (χ1) is 5.79. The number of rotatable bonds is 3. The van der Waals surface area contributed by atoms with Gasteiger partial charge in [0.2, 0.25) is 0 Å². The molecule has 12 heavy (non-hydrogen) atoms. The topological polar surface area (TPSA) is 0 Å². The summed E-state index contributed by atoms with van der Waals surface area (Å²) in [5, 5.41) is 0.884. The second-order valence-electron chi connectivity index (χ2n) is 4.06. The number of hydrogen-bond acceptors (Lipinski definition) is 1. The Morgan fingerprint density at radius 3 is 2.58 bits per heavy atom. The van der Waals surface area contributed by atoms with E-state index in [1.165, 1.54) is 32.1 Å². The molecule has 0 amide bonds. The lowest BCUT2D eigenvalue weighted by atomic mass is 9.76. The fourth-order valence-corrected chi connectivity index (χ4v) is 3.24. The quantitative estimate of drug-likeness (QED) is 0.643. The molecular weight excluding hydrogens is 164 g/mol. The number of hydrogen-bond donors (Lipinski definition) is 0. The van der Waals surface area contributed by atoms with Crippen LogP contribution >= 0.6 is 11.8 Å². The summed E-state index contributed by atoms with van der Waals surface area (Å²) in [5.41, 5.74) is 0. The molecule has 0 spiro atoms. The maximum Gasteiger partial charge on any atom is 0.00468 e. The van der Waals surface area contributed by atoms with Crippen molar-refractivity contribution < 1.29 is 0 Å². The van der Waals surface area contributed by atoms with Crippen molar-refractivity contribution >= 4 is 11.8 Å². The van der Waals surface area contributed by atoms with Gasteiger partial charge in [0.15, 0.2) is 0 Å². The van der Waals surface area contributed by atoms with Gasteiger partial charge in [-0.3, -0.25) is 0 Å². The van der Waals surface area contributed by atoms with E-state index in [-0.39, 0.29) is 0 Å². The molecule has 0 aliphatic heterocycles. The second kappa shape index (κ2) is 5.16. The maximum atomic E-state index is 2.41. The molecule has 0 saturated heterocycles. The normalized spacial score (nSPS) is 33.2. The van der Waals surface area contributed by atoms with Gasteiger partial charge < -0.3 is 0 Å². The molecule has 72 valence electrons. The lowest BCUT2D eigenvalue weighted by Gasteiger charge is -2.34. The Kier molecular flexibility index (Phi) is 4.49. The first-order valence-corrected chi connectivity index (χ1v) is 6.61. The van der Waals surface area contributed by atoms with Gasteiger partial charge in [-0.25, -0.2) is 0 Å². The van der Waals surface area contributed by atoms with Crippen LogP contribution in [0.1, 0.15) is 46.0 Å². The van der Waals surface area contributed by atoms with E-state index in [2.05, 4.69) is 31.9 Å². The standard InChI is InChI=1S/C11H22S/c1-4-10-7-5-6-8-11(10)9(2)12-3/h9-11H,4-8H2,1-3H3. The van der Waals surface area contributed by atoms with Crippen molar-refractivity contribution in [2.24, 2.45) is 11.8 Å². The molecule has 1 saturated carbocycles. The summed E-state index contributed by atoms with van der Waals surface area (Å²) in [7, 11) is 0. The average molecular weight is 186 g/mol. The molecule has 0 heterocycles. The van der Waals surface area contributed by atoms with Gasteiger partial charge in [-0.1, -0.05) is 39.5 Å². The Morgan fingerprint density at radius 1 is 1.33 bits per heavy atom. The van der Waals surface area contributed by atoms with Gasteiger partial charge in [0.25, 0.3) is 0 Å². The molecule has 3 atom stereocenters. The lowest BCUT2D eigenvalue weighted by Crippen LogP contribution is -2.26. The van der Waals surface area contributed by atoms with Crippen LogP contribution in [0.25, 0.3) is 0 Å². The van der Waals surface area contributed by atoms with E-state index in [1.807, 2.05) is 0 Å². The molecule has 1 rings (SSSR count). The van der Waals surface area contributed by atoms with Crippen LogP contribution in [0.15, 0.2) is 0 Å². The Balaban J connectivity index is 2.46. The van der Waals surface area contributed by atoms with Gasteiger partial charge in [-0.15, -0.1) is 0 Å². The predicted molar refractivity (Wildman–Crippen MR) is 58.7 cm³/mol. The van der Waals surface area contributed by atoms with Gasteiger partial charge in [0, 0.05) is 5.25 Å². The van der Waals surface area contributed by atoms with Crippen LogP contribution in [0.5, 0.6) is 0 Å². The summed E-state index contributed by atoms with van der Waals surface area (Å²) in [5.74, 6) is 2.04. The molecule has 1 aliphatic carbocycles. The van der Waals surface area contributed by atoms with Gasteiger partial charge in [0.05, 0.1) is 0 Å². The largest absolute Gasteiger partial charge is 0.162 e. The van der Waals surface area contributed by atoms with Crippen molar-refractivity contribution in [1.29, 1.82) is 0 Å². The molecule has 0 bridgehead atoms. The van der Waals surface area contributed by atoms with Crippen molar-refractivity contribution in [3.8, 4) is 0 Å². The molecule has 1 fully saturated rings. The minimum atomic E-state index is 0.884. The highest BCUT2D eigenvalue weighted by Gasteiger charge is 2.27. The van der Waals surface area contributed by atoms with Gasteiger partial charge in [-0.2, -0.15) is 11.8 Å². The maximum absolute atomic E-state index is 2.41. The zero-order valence-electron chi connectivity index (χ0n) is 8.68. The van der Waals surface area contributed by atoms with Crippen LogP contribution in [0.4, 0.5) is 0 Å². The smallest absolute Gasteiger partial charge is 0.00468 e. The van der Waals surface area contributed by atoms with Crippen LogP contribution in [-0.2, 0) is 0 Å².